The number of rotatable bonds is 12. The van der Waals surface area contributed by atoms with Gasteiger partial charge in [-0.1, -0.05) is 56.1 Å². The van der Waals surface area contributed by atoms with Crippen molar-refractivity contribution in [1.82, 2.24) is 31.2 Å². The van der Waals surface area contributed by atoms with E-state index >= 15 is 0 Å². The van der Waals surface area contributed by atoms with Gasteiger partial charge in [-0.05, 0) is 74.3 Å². The molecule has 5 rings (SSSR count). The molecule has 0 spiro atoms. The highest BCUT2D eigenvalue weighted by Crippen LogP contribution is 2.41. The molecule has 1 aromatic heterocycles. The van der Waals surface area contributed by atoms with Crippen LogP contribution in [0.4, 0.5) is 4.79 Å². The Labute approximate surface area is 269 Å². The number of carbonyl (C=O) groups is 3. The molecule has 2 heterocycles. The standard InChI is InChI=1S/C34H45ClN6O4/c1-5-36-31(42)28(21-10-9-11-21)40-32(43)34(16-17-45-19-34)22-14-15-25-26(18-22)39-30(38-25)29(41-33(44)37-6-2)27(20(3)4)23-12-7-8-13-24(23)35/h7-8,12-15,18,20-21,27-29H,5-6,9-11,16-17,19H2,1-4H3,(H,36,42)(H,38,39)(H,40,43)(H2,37,41,44)/t27-,28+,29-,34?/m0/s1. The van der Waals surface area contributed by atoms with Crippen LogP contribution in [0, 0.1) is 11.8 Å². The van der Waals surface area contributed by atoms with Crippen LogP contribution in [0.1, 0.15) is 82.3 Å². The maximum Gasteiger partial charge on any atom is 0.315 e. The molecule has 11 heteroatoms. The van der Waals surface area contributed by atoms with E-state index in [2.05, 4.69) is 40.1 Å². The van der Waals surface area contributed by atoms with E-state index in [0.717, 1.165) is 35.9 Å². The topological polar surface area (TPSA) is 137 Å². The van der Waals surface area contributed by atoms with Gasteiger partial charge in [-0.2, -0.15) is 0 Å². The molecule has 4 amide bonds. The molecule has 1 unspecified atom stereocenters. The minimum absolute atomic E-state index is 0.108. The second-order valence-corrected chi connectivity index (χ2v) is 13.0. The molecule has 5 N–H and O–H groups in total. The molecule has 4 atom stereocenters. The van der Waals surface area contributed by atoms with Crippen LogP contribution in [0.25, 0.3) is 11.0 Å². The molecule has 10 nitrogen and oxygen atoms in total. The molecule has 3 aromatic rings. The van der Waals surface area contributed by atoms with Crippen molar-refractivity contribution in [2.75, 3.05) is 26.3 Å². The van der Waals surface area contributed by atoms with E-state index in [1.807, 2.05) is 56.3 Å². The lowest BCUT2D eigenvalue weighted by Gasteiger charge is -2.36. The van der Waals surface area contributed by atoms with E-state index in [-0.39, 0.29) is 42.2 Å². The molecule has 45 heavy (non-hydrogen) atoms. The fourth-order valence-electron chi connectivity index (χ4n) is 6.66. The van der Waals surface area contributed by atoms with Crippen LogP contribution in [0.5, 0.6) is 0 Å². The second kappa shape index (κ2) is 14.2. The SMILES string of the molecule is CCNC(=O)N[C@H](c1nc2ccc(C3(C(=O)N[C@@H](C(=O)NCC)C4CCC4)CCOC3)cc2[nH]1)[C@H](c1ccccc1Cl)C(C)C. The van der Waals surface area contributed by atoms with Crippen molar-refractivity contribution >= 4 is 40.5 Å². The number of H-pyrrole nitrogens is 1. The number of amides is 4. The van der Waals surface area contributed by atoms with Crippen LogP contribution in [0.15, 0.2) is 42.5 Å². The zero-order valence-electron chi connectivity index (χ0n) is 26.5. The van der Waals surface area contributed by atoms with Gasteiger partial charge in [-0.25, -0.2) is 9.78 Å². The minimum atomic E-state index is -0.940. The molecule has 242 valence electrons. The van der Waals surface area contributed by atoms with Gasteiger partial charge in [0.25, 0.3) is 0 Å². The number of nitrogens with one attached hydrogen (secondary N) is 5. The monoisotopic (exact) mass is 636 g/mol. The molecule has 1 saturated heterocycles. The smallest absolute Gasteiger partial charge is 0.315 e. The summed E-state index contributed by atoms with van der Waals surface area (Å²) >= 11 is 6.68. The van der Waals surface area contributed by atoms with E-state index in [9.17, 15) is 14.4 Å². The predicted molar refractivity (Wildman–Crippen MR) is 175 cm³/mol. The van der Waals surface area contributed by atoms with Crippen molar-refractivity contribution in [2.45, 2.75) is 76.8 Å². The van der Waals surface area contributed by atoms with E-state index in [4.69, 9.17) is 21.3 Å². The van der Waals surface area contributed by atoms with Crippen molar-refractivity contribution in [3.63, 3.8) is 0 Å². The number of carbonyl (C=O) groups excluding carboxylic acids is 3. The number of hydrogen-bond donors (Lipinski definition) is 5. The molecule has 1 aliphatic heterocycles. The first-order valence-corrected chi connectivity index (χ1v) is 16.5. The molecule has 2 fully saturated rings. The molecule has 1 aliphatic carbocycles. The van der Waals surface area contributed by atoms with Crippen LogP contribution in [-0.2, 0) is 19.7 Å². The number of imidazole rings is 1. The highest BCUT2D eigenvalue weighted by molar-refractivity contribution is 6.31. The number of aromatic amines is 1. The van der Waals surface area contributed by atoms with Gasteiger partial charge in [-0.3, -0.25) is 9.59 Å². The highest BCUT2D eigenvalue weighted by Gasteiger charge is 2.46. The summed E-state index contributed by atoms with van der Waals surface area (Å²) in [6.07, 6.45) is 3.41. The Hall–Kier alpha value is -3.63. The predicted octanol–water partition coefficient (Wildman–Crippen LogP) is 5.10. The van der Waals surface area contributed by atoms with Gasteiger partial charge >= 0.3 is 6.03 Å². The van der Waals surface area contributed by atoms with E-state index < -0.39 is 17.5 Å². The molecule has 2 aliphatic rings. The van der Waals surface area contributed by atoms with Crippen molar-refractivity contribution < 1.29 is 19.1 Å². The summed E-state index contributed by atoms with van der Waals surface area (Å²) in [5.74, 6) is 0.322. The van der Waals surface area contributed by atoms with Crippen LogP contribution in [-0.4, -0.2) is 60.2 Å². The number of urea groups is 1. The molecule has 0 radical (unpaired) electrons. The summed E-state index contributed by atoms with van der Waals surface area (Å²) in [7, 11) is 0. The zero-order chi connectivity index (χ0) is 32.1. The van der Waals surface area contributed by atoms with Crippen LogP contribution >= 0.6 is 11.6 Å². The summed E-state index contributed by atoms with van der Waals surface area (Å²) < 4.78 is 5.81. The number of ether oxygens (including phenoxy) is 1. The average Bonchev–Trinajstić information content (AvgIpc) is 3.65. The largest absolute Gasteiger partial charge is 0.380 e. The van der Waals surface area contributed by atoms with E-state index in [1.165, 1.54) is 0 Å². The van der Waals surface area contributed by atoms with Gasteiger partial charge in [0.05, 0.1) is 29.1 Å². The van der Waals surface area contributed by atoms with Crippen LogP contribution in [0.2, 0.25) is 5.02 Å². The lowest BCUT2D eigenvalue weighted by atomic mass is 9.76. The maximum atomic E-state index is 14.1. The Morgan fingerprint density at radius 2 is 1.82 bits per heavy atom. The Morgan fingerprint density at radius 1 is 1.07 bits per heavy atom. The third-order valence-corrected chi connectivity index (χ3v) is 9.65. The normalized spacial score (nSPS) is 20.3. The van der Waals surface area contributed by atoms with Gasteiger partial charge in [0.2, 0.25) is 11.8 Å². The third-order valence-electron chi connectivity index (χ3n) is 9.31. The maximum absolute atomic E-state index is 14.1. The van der Waals surface area contributed by atoms with Crippen molar-refractivity contribution in [3.05, 3.63) is 64.4 Å². The molecule has 2 aromatic carbocycles. The van der Waals surface area contributed by atoms with Gasteiger partial charge < -0.3 is 31.0 Å². The Bertz CT molecular complexity index is 1510. The van der Waals surface area contributed by atoms with Gasteiger partial charge in [0, 0.05) is 30.6 Å². The number of nitrogens with zero attached hydrogens (tertiary/aromatic N) is 1. The Kier molecular flexibility index (Phi) is 10.3. The lowest BCUT2D eigenvalue weighted by molar-refractivity contribution is -0.134. The first-order valence-electron chi connectivity index (χ1n) is 16.1. The van der Waals surface area contributed by atoms with Crippen molar-refractivity contribution in [2.24, 2.45) is 11.8 Å². The molecule has 0 bridgehead atoms. The fourth-order valence-corrected chi connectivity index (χ4v) is 6.92. The van der Waals surface area contributed by atoms with Crippen molar-refractivity contribution in [1.29, 1.82) is 0 Å². The summed E-state index contributed by atoms with van der Waals surface area (Å²) in [6, 6.07) is 12.1. The lowest BCUT2D eigenvalue weighted by Crippen LogP contribution is -2.57. The molecular formula is C34H45ClN6O4. The second-order valence-electron chi connectivity index (χ2n) is 12.5. The Balaban J connectivity index is 1.50. The average molecular weight is 637 g/mol. The summed E-state index contributed by atoms with van der Waals surface area (Å²) in [5, 5.41) is 12.6. The first kappa shape index (κ1) is 32.8. The van der Waals surface area contributed by atoms with Gasteiger partial charge in [-0.15, -0.1) is 0 Å². The number of benzene rings is 2. The van der Waals surface area contributed by atoms with E-state index in [1.54, 1.807) is 0 Å². The molecular weight excluding hydrogens is 592 g/mol. The van der Waals surface area contributed by atoms with Crippen LogP contribution < -0.4 is 21.3 Å². The summed E-state index contributed by atoms with van der Waals surface area (Å²) in [6.45, 7) is 9.61. The third kappa shape index (κ3) is 6.82. The first-order chi connectivity index (χ1) is 21.7. The number of fused-ring (bicyclic) bond motifs is 1. The number of halogens is 1. The molecule has 1 saturated carbocycles. The number of likely N-dealkylation sites (N-methyl/N-ethyl adjacent to an activating group) is 1. The van der Waals surface area contributed by atoms with Gasteiger partial charge in [0.1, 0.15) is 11.9 Å². The fraction of sp³-hybridized carbons (Fsp3) is 0.529. The number of aromatic nitrogens is 2. The summed E-state index contributed by atoms with van der Waals surface area (Å²) in [4.78, 5) is 48.3. The minimum Gasteiger partial charge on any atom is -0.380 e. The number of hydrogen-bond acceptors (Lipinski definition) is 5. The van der Waals surface area contributed by atoms with Crippen molar-refractivity contribution in [3.8, 4) is 0 Å². The van der Waals surface area contributed by atoms with Crippen LogP contribution in [0.3, 0.4) is 0 Å². The summed E-state index contributed by atoms with van der Waals surface area (Å²) in [5.41, 5.74) is 2.23. The Morgan fingerprint density at radius 3 is 2.44 bits per heavy atom. The zero-order valence-corrected chi connectivity index (χ0v) is 27.3. The quantitative estimate of drug-likeness (QED) is 0.189. The highest BCUT2D eigenvalue weighted by atomic mass is 35.5. The van der Waals surface area contributed by atoms with E-state index in [0.29, 0.717) is 42.5 Å². The van der Waals surface area contributed by atoms with Gasteiger partial charge in [0.15, 0.2) is 0 Å².